The van der Waals surface area contributed by atoms with Crippen molar-refractivity contribution in [2.75, 3.05) is 6.61 Å². The van der Waals surface area contributed by atoms with Crippen molar-refractivity contribution in [2.24, 2.45) is 11.8 Å². The van der Waals surface area contributed by atoms with Crippen LogP contribution in [0, 0.1) is 11.8 Å². The van der Waals surface area contributed by atoms with Crippen LogP contribution in [0.25, 0.3) is 0 Å². The summed E-state index contributed by atoms with van der Waals surface area (Å²) in [5.41, 5.74) is 4.54. The maximum Gasteiger partial charge on any atom is 0.343 e. The first-order valence-corrected chi connectivity index (χ1v) is 15.4. The molecule has 0 aromatic heterocycles. The number of ketones is 1. The number of esters is 2. The predicted molar refractivity (Wildman–Crippen MR) is 168 cm³/mol. The van der Waals surface area contributed by atoms with E-state index in [1.54, 1.807) is 0 Å². The minimum absolute atomic E-state index is 0.184. The number of carbonyl (C=O) groups is 5. The number of Topliss-reactive ketones (excluding diaryl/α,β-unsaturated/α-hetero) is 1. The maximum absolute atomic E-state index is 13.9. The Morgan fingerprint density at radius 1 is 0.717 bits per heavy atom. The second-order valence-electron chi connectivity index (χ2n) is 11.6. The quantitative estimate of drug-likeness (QED) is 0.101. The van der Waals surface area contributed by atoms with Gasteiger partial charge in [-0.15, -0.1) is 0 Å². The Morgan fingerprint density at radius 3 is 1.72 bits per heavy atom. The van der Waals surface area contributed by atoms with E-state index in [9.17, 15) is 24.0 Å². The highest BCUT2D eigenvalue weighted by molar-refractivity contribution is 6.42. The van der Waals surface area contributed by atoms with Gasteiger partial charge < -0.3 is 9.47 Å². The Bertz CT molecular complexity index is 1840. The van der Waals surface area contributed by atoms with Crippen molar-refractivity contribution in [3.8, 4) is 5.75 Å². The van der Waals surface area contributed by atoms with E-state index >= 15 is 0 Å². The van der Waals surface area contributed by atoms with Crippen molar-refractivity contribution < 1.29 is 33.4 Å². The zero-order chi connectivity index (χ0) is 32.3. The summed E-state index contributed by atoms with van der Waals surface area (Å²) in [7, 11) is 0. The summed E-state index contributed by atoms with van der Waals surface area (Å²) in [6, 6.07) is 24.6. The van der Waals surface area contributed by atoms with Crippen molar-refractivity contribution >= 4 is 52.7 Å². The summed E-state index contributed by atoms with van der Waals surface area (Å²) >= 11 is 11.9. The average molecular weight is 655 g/mol. The smallest absolute Gasteiger partial charge is 0.343 e. The number of carbonyl (C=O) groups excluding carboxylic acids is 5. The first-order chi connectivity index (χ1) is 22.2. The predicted octanol–water partition coefficient (Wildman–Crippen LogP) is 6.22. The first-order valence-electron chi connectivity index (χ1n) is 14.7. The molecule has 2 amide bonds. The van der Waals surface area contributed by atoms with Crippen molar-refractivity contribution in [1.82, 2.24) is 4.90 Å². The first kappa shape index (κ1) is 29.9. The number of amides is 2. The van der Waals surface area contributed by atoms with Gasteiger partial charge in [-0.1, -0.05) is 71.7 Å². The molecule has 0 N–H and O–H groups in total. The van der Waals surface area contributed by atoms with Gasteiger partial charge in [0.15, 0.2) is 12.4 Å². The third-order valence-electron chi connectivity index (χ3n) is 9.10. The van der Waals surface area contributed by atoms with Crippen LogP contribution in [0.4, 0.5) is 0 Å². The topological polar surface area (TPSA) is 107 Å². The van der Waals surface area contributed by atoms with E-state index in [-0.39, 0.29) is 33.7 Å². The SMILES string of the molecule is CC(C(=O)OCC(=O)c1ccc(OC(=O)c2ccc(Cl)c(Cl)c2)cc1)N1C(=O)C2C3c4ccccc4C(c4ccccc43)C2C1=O. The normalized spacial score (nSPS) is 21.2. The van der Waals surface area contributed by atoms with Gasteiger partial charge in [0.1, 0.15) is 11.8 Å². The van der Waals surface area contributed by atoms with Crippen LogP contribution < -0.4 is 4.74 Å². The summed E-state index contributed by atoms with van der Waals surface area (Å²) in [6.07, 6.45) is 0. The molecule has 46 heavy (non-hydrogen) atoms. The Hall–Kier alpha value is -4.79. The zero-order valence-corrected chi connectivity index (χ0v) is 25.8. The fourth-order valence-corrected chi connectivity index (χ4v) is 7.32. The Labute approximate surface area is 273 Å². The highest BCUT2D eigenvalue weighted by Crippen LogP contribution is 2.61. The Kier molecular flexibility index (Phi) is 7.50. The van der Waals surface area contributed by atoms with E-state index in [2.05, 4.69) is 0 Å². The molecule has 230 valence electrons. The molecular weight excluding hydrogens is 629 g/mol. The number of hydrogen-bond donors (Lipinski definition) is 0. The van der Waals surface area contributed by atoms with E-state index in [1.165, 1.54) is 49.4 Å². The molecule has 0 spiro atoms. The minimum Gasteiger partial charge on any atom is -0.456 e. The van der Waals surface area contributed by atoms with Crippen LogP contribution in [0.15, 0.2) is 91.0 Å². The number of imide groups is 1. The second kappa shape index (κ2) is 11.5. The van der Waals surface area contributed by atoms with Crippen LogP contribution >= 0.6 is 23.2 Å². The molecule has 10 heteroatoms. The van der Waals surface area contributed by atoms with Crippen molar-refractivity contribution in [2.45, 2.75) is 24.8 Å². The number of hydrogen-bond acceptors (Lipinski definition) is 7. The molecule has 3 atom stereocenters. The van der Waals surface area contributed by atoms with Gasteiger partial charge in [0.2, 0.25) is 11.8 Å². The number of benzene rings is 4. The lowest BCUT2D eigenvalue weighted by Crippen LogP contribution is -2.45. The van der Waals surface area contributed by atoms with Crippen LogP contribution in [-0.4, -0.2) is 47.1 Å². The summed E-state index contributed by atoms with van der Waals surface area (Å²) in [5, 5.41) is 0.512. The van der Waals surface area contributed by atoms with Gasteiger partial charge in [-0.25, -0.2) is 9.59 Å². The second-order valence-corrected chi connectivity index (χ2v) is 12.4. The van der Waals surface area contributed by atoms with Crippen LogP contribution in [0.3, 0.4) is 0 Å². The summed E-state index contributed by atoms with van der Waals surface area (Å²) in [5.74, 6) is -4.49. The minimum atomic E-state index is -1.22. The number of rotatable bonds is 7. The van der Waals surface area contributed by atoms with Crippen molar-refractivity contribution in [3.63, 3.8) is 0 Å². The largest absolute Gasteiger partial charge is 0.456 e. The molecule has 0 radical (unpaired) electrons. The van der Waals surface area contributed by atoms with E-state index in [4.69, 9.17) is 32.7 Å². The van der Waals surface area contributed by atoms with E-state index < -0.39 is 54.0 Å². The molecule has 8 rings (SSSR count). The Morgan fingerprint density at radius 2 is 1.22 bits per heavy atom. The molecule has 4 aromatic carbocycles. The zero-order valence-electron chi connectivity index (χ0n) is 24.3. The molecule has 1 saturated heterocycles. The third-order valence-corrected chi connectivity index (χ3v) is 9.84. The van der Waals surface area contributed by atoms with Gasteiger partial charge in [-0.05, 0) is 71.6 Å². The fraction of sp³-hybridized carbons (Fsp3) is 0.194. The molecule has 8 nitrogen and oxygen atoms in total. The molecule has 3 unspecified atom stereocenters. The standard InChI is InChI=1S/C36H25Cl2NO7/c1-18(35(43)45-17-28(40)19-10-13-21(14-11-19)46-36(44)20-12-15-26(37)27(38)16-20)39-33(41)31-29-22-6-2-3-7-23(22)30(32(31)34(39)42)25-9-5-4-8-24(25)29/h2-16,18,29-32H,17H2,1H3. The molecule has 4 aromatic rings. The highest BCUT2D eigenvalue weighted by Gasteiger charge is 2.62. The Balaban J connectivity index is 1.01. The van der Waals surface area contributed by atoms with E-state index in [0.717, 1.165) is 27.2 Å². The van der Waals surface area contributed by atoms with Gasteiger partial charge in [0, 0.05) is 17.4 Å². The number of ether oxygens (including phenoxy) is 2. The van der Waals surface area contributed by atoms with Gasteiger partial charge in [-0.3, -0.25) is 19.3 Å². The molecule has 2 bridgehead atoms. The lowest BCUT2D eigenvalue weighted by Gasteiger charge is -2.45. The van der Waals surface area contributed by atoms with E-state index in [0.29, 0.717) is 5.02 Å². The molecule has 3 aliphatic carbocycles. The maximum atomic E-state index is 13.9. The molecule has 4 aliphatic rings. The number of likely N-dealkylation sites (tertiary alicyclic amines) is 1. The molecular formula is C36H25Cl2NO7. The summed E-state index contributed by atoms with van der Waals surface area (Å²) < 4.78 is 10.6. The molecule has 1 fully saturated rings. The van der Waals surface area contributed by atoms with Crippen LogP contribution in [0.1, 0.15) is 61.7 Å². The highest BCUT2D eigenvalue weighted by atomic mass is 35.5. The van der Waals surface area contributed by atoms with Crippen LogP contribution in [-0.2, 0) is 19.1 Å². The van der Waals surface area contributed by atoms with Gasteiger partial charge in [0.05, 0.1) is 27.4 Å². The van der Waals surface area contributed by atoms with Gasteiger partial charge in [-0.2, -0.15) is 0 Å². The van der Waals surface area contributed by atoms with Gasteiger partial charge in [0.25, 0.3) is 0 Å². The van der Waals surface area contributed by atoms with Gasteiger partial charge >= 0.3 is 11.9 Å². The number of halogens is 2. The molecule has 1 heterocycles. The van der Waals surface area contributed by atoms with E-state index in [1.807, 2.05) is 48.5 Å². The van der Waals surface area contributed by atoms with Crippen molar-refractivity contribution in [3.05, 3.63) is 134 Å². The van der Waals surface area contributed by atoms with Crippen molar-refractivity contribution in [1.29, 1.82) is 0 Å². The van der Waals surface area contributed by atoms with Crippen LogP contribution in [0.5, 0.6) is 5.75 Å². The molecule has 1 aliphatic heterocycles. The monoisotopic (exact) mass is 653 g/mol. The van der Waals surface area contributed by atoms with Crippen LogP contribution in [0.2, 0.25) is 10.0 Å². The molecule has 0 saturated carbocycles. The summed E-state index contributed by atoms with van der Waals surface area (Å²) in [4.78, 5) is 67.2. The lowest BCUT2D eigenvalue weighted by atomic mass is 9.55. The number of nitrogens with zero attached hydrogens (tertiary/aromatic N) is 1. The third kappa shape index (κ3) is 4.80. The fourth-order valence-electron chi connectivity index (χ4n) is 7.03. The average Bonchev–Trinajstić information content (AvgIpc) is 3.34. The lowest BCUT2D eigenvalue weighted by molar-refractivity contribution is -0.157. The summed E-state index contributed by atoms with van der Waals surface area (Å²) in [6.45, 7) is 0.843.